The Bertz CT molecular complexity index is 1720. The summed E-state index contributed by atoms with van der Waals surface area (Å²) in [6.07, 6.45) is 0.243. The molecule has 236 valence electrons. The Kier molecular flexibility index (Phi) is 11.1. The van der Waals surface area contributed by atoms with Crippen LogP contribution in [0.3, 0.4) is 0 Å². The van der Waals surface area contributed by atoms with Crippen molar-refractivity contribution in [2.45, 2.75) is 64.6 Å². The first-order chi connectivity index (χ1) is 21.3. The number of hydrogen-bond acceptors (Lipinski definition) is 4. The van der Waals surface area contributed by atoms with Crippen LogP contribution < -0.4 is 9.62 Å². The Hall–Kier alpha value is -4.14. The van der Waals surface area contributed by atoms with Gasteiger partial charge in [0, 0.05) is 24.0 Å². The molecule has 1 atom stereocenters. The number of nitrogens with one attached hydrogen (secondary N) is 1. The predicted molar refractivity (Wildman–Crippen MR) is 181 cm³/mol. The quantitative estimate of drug-likeness (QED) is 0.188. The van der Waals surface area contributed by atoms with Crippen molar-refractivity contribution < 1.29 is 18.0 Å². The first-order valence-corrected chi connectivity index (χ1v) is 16.7. The van der Waals surface area contributed by atoms with E-state index in [1.165, 1.54) is 4.90 Å². The number of carbonyl (C=O) groups is 2. The van der Waals surface area contributed by atoms with E-state index in [1.54, 1.807) is 54.6 Å². The van der Waals surface area contributed by atoms with Crippen LogP contribution in [0.2, 0.25) is 5.02 Å². The van der Waals surface area contributed by atoms with E-state index in [9.17, 15) is 18.0 Å². The highest BCUT2D eigenvalue weighted by Gasteiger charge is 2.35. The first kappa shape index (κ1) is 33.7. The normalized spacial score (nSPS) is 12.1. The molecule has 0 aliphatic heterocycles. The van der Waals surface area contributed by atoms with Crippen LogP contribution in [0.15, 0.2) is 102 Å². The Balaban J connectivity index is 1.83. The van der Waals surface area contributed by atoms with Gasteiger partial charge in [-0.2, -0.15) is 0 Å². The van der Waals surface area contributed by atoms with Crippen molar-refractivity contribution in [2.75, 3.05) is 10.8 Å². The second-order valence-corrected chi connectivity index (χ2v) is 13.9. The summed E-state index contributed by atoms with van der Waals surface area (Å²) in [5.41, 5.74) is 4.49. The third kappa shape index (κ3) is 8.74. The van der Waals surface area contributed by atoms with Crippen molar-refractivity contribution >= 4 is 39.1 Å². The Morgan fingerprint density at radius 3 is 2.04 bits per heavy atom. The molecule has 0 aromatic heterocycles. The zero-order valence-electron chi connectivity index (χ0n) is 26.3. The number of carbonyl (C=O) groups excluding carboxylic acids is 2. The number of sulfonamides is 1. The zero-order valence-corrected chi connectivity index (χ0v) is 27.9. The van der Waals surface area contributed by atoms with Crippen LogP contribution in [-0.4, -0.2) is 43.8 Å². The van der Waals surface area contributed by atoms with Gasteiger partial charge in [0.2, 0.25) is 11.8 Å². The summed E-state index contributed by atoms with van der Waals surface area (Å²) in [6, 6.07) is 27.5. The highest BCUT2D eigenvalue weighted by molar-refractivity contribution is 7.92. The topological polar surface area (TPSA) is 86.8 Å². The molecule has 0 aliphatic rings. The van der Waals surface area contributed by atoms with Crippen LogP contribution in [0.1, 0.15) is 41.7 Å². The molecule has 4 rings (SSSR count). The molecule has 4 aromatic carbocycles. The molecule has 7 nitrogen and oxygen atoms in total. The first-order valence-electron chi connectivity index (χ1n) is 14.9. The maximum absolute atomic E-state index is 14.6. The van der Waals surface area contributed by atoms with Gasteiger partial charge in [0.15, 0.2) is 0 Å². The summed E-state index contributed by atoms with van der Waals surface area (Å²) >= 11 is 6.15. The Morgan fingerprint density at radius 2 is 1.42 bits per heavy atom. The van der Waals surface area contributed by atoms with Gasteiger partial charge in [0.05, 0.1) is 10.6 Å². The van der Waals surface area contributed by atoms with Gasteiger partial charge in [-0.05, 0) is 87.2 Å². The van der Waals surface area contributed by atoms with E-state index in [2.05, 4.69) is 5.32 Å². The number of benzene rings is 4. The van der Waals surface area contributed by atoms with Crippen molar-refractivity contribution in [1.82, 2.24) is 10.2 Å². The van der Waals surface area contributed by atoms with Crippen LogP contribution in [0, 0.1) is 20.8 Å². The molecular formula is C36H40ClN3O4S. The molecule has 0 fully saturated rings. The number of anilines is 1. The predicted octanol–water partition coefficient (Wildman–Crippen LogP) is 6.63. The third-order valence-electron chi connectivity index (χ3n) is 7.49. The lowest BCUT2D eigenvalue weighted by molar-refractivity contribution is -0.140. The summed E-state index contributed by atoms with van der Waals surface area (Å²) in [4.78, 5) is 29.9. The van der Waals surface area contributed by atoms with E-state index in [0.717, 1.165) is 26.6 Å². The van der Waals surface area contributed by atoms with Crippen LogP contribution >= 0.6 is 11.6 Å². The van der Waals surface area contributed by atoms with Crippen molar-refractivity contribution in [3.63, 3.8) is 0 Å². The van der Waals surface area contributed by atoms with Gasteiger partial charge < -0.3 is 10.2 Å². The number of aryl methyl sites for hydroxylation is 3. The molecule has 0 aliphatic carbocycles. The molecule has 45 heavy (non-hydrogen) atoms. The SMILES string of the molecule is Cc1ccc(S(=O)(=O)N(CC(=O)N(Cc2ccc(Cl)cc2)C(Cc2ccccc2)C(=O)NC(C)C)c2cc(C)ccc2C)cc1. The van der Waals surface area contributed by atoms with Crippen molar-refractivity contribution in [3.8, 4) is 0 Å². The maximum atomic E-state index is 14.6. The molecule has 0 bridgehead atoms. The summed E-state index contributed by atoms with van der Waals surface area (Å²) in [5.74, 6) is -0.836. The molecule has 0 radical (unpaired) electrons. The largest absolute Gasteiger partial charge is 0.352 e. The smallest absolute Gasteiger partial charge is 0.264 e. The number of amides is 2. The average Bonchev–Trinajstić information content (AvgIpc) is 3.00. The summed E-state index contributed by atoms with van der Waals surface area (Å²) in [6.45, 7) is 8.86. The summed E-state index contributed by atoms with van der Waals surface area (Å²) in [7, 11) is -4.17. The second-order valence-electron chi connectivity index (χ2n) is 11.6. The number of rotatable bonds is 12. The van der Waals surface area contributed by atoms with Crippen molar-refractivity contribution in [1.29, 1.82) is 0 Å². The van der Waals surface area contributed by atoms with E-state index in [1.807, 2.05) is 77.1 Å². The van der Waals surface area contributed by atoms with Gasteiger partial charge in [-0.3, -0.25) is 13.9 Å². The highest BCUT2D eigenvalue weighted by atomic mass is 35.5. The molecule has 0 saturated carbocycles. The van der Waals surface area contributed by atoms with Crippen LogP contribution in [-0.2, 0) is 32.6 Å². The molecule has 1 unspecified atom stereocenters. The number of hydrogen-bond donors (Lipinski definition) is 1. The van der Waals surface area contributed by atoms with Gasteiger partial charge in [-0.15, -0.1) is 0 Å². The minimum absolute atomic E-state index is 0.0736. The summed E-state index contributed by atoms with van der Waals surface area (Å²) in [5, 5.41) is 3.51. The Morgan fingerprint density at radius 1 is 0.800 bits per heavy atom. The van der Waals surface area contributed by atoms with Gasteiger partial charge in [0.25, 0.3) is 10.0 Å². The van der Waals surface area contributed by atoms with Gasteiger partial charge in [-0.25, -0.2) is 8.42 Å². The highest BCUT2D eigenvalue weighted by Crippen LogP contribution is 2.29. The average molecular weight is 646 g/mol. The monoisotopic (exact) mass is 645 g/mol. The fourth-order valence-corrected chi connectivity index (χ4v) is 6.66. The van der Waals surface area contributed by atoms with E-state index in [0.29, 0.717) is 16.3 Å². The van der Waals surface area contributed by atoms with E-state index in [-0.39, 0.29) is 29.8 Å². The van der Waals surface area contributed by atoms with Crippen molar-refractivity contribution in [3.05, 3.63) is 130 Å². The van der Waals surface area contributed by atoms with Gasteiger partial charge in [0.1, 0.15) is 12.6 Å². The molecule has 2 amide bonds. The van der Waals surface area contributed by atoms with Crippen LogP contribution in [0.25, 0.3) is 0 Å². The van der Waals surface area contributed by atoms with Gasteiger partial charge >= 0.3 is 0 Å². The van der Waals surface area contributed by atoms with E-state index >= 15 is 0 Å². The van der Waals surface area contributed by atoms with E-state index in [4.69, 9.17) is 11.6 Å². The molecular weight excluding hydrogens is 606 g/mol. The third-order valence-corrected chi connectivity index (χ3v) is 9.52. The second kappa shape index (κ2) is 14.8. The lowest BCUT2D eigenvalue weighted by atomic mass is 10.0. The standard InChI is InChI=1S/C36H40ClN3O4S/c1-25(2)38-36(42)34(22-29-9-7-6-8-10-29)39(23-30-15-17-31(37)18-16-30)35(41)24-40(33-21-27(4)11-14-28(33)5)45(43,44)32-19-12-26(3)13-20-32/h6-21,25,34H,22-24H2,1-5H3,(H,38,42). The fraction of sp³-hybridized carbons (Fsp3) is 0.278. The van der Waals surface area contributed by atoms with Crippen molar-refractivity contribution in [2.24, 2.45) is 0 Å². The maximum Gasteiger partial charge on any atom is 0.264 e. The Labute approximate surface area is 271 Å². The molecule has 0 spiro atoms. The molecule has 1 N–H and O–H groups in total. The molecule has 4 aromatic rings. The van der Waals surface area contributed by atoms with Crippen LogP contribution in [0.5, 0.6) is 0 Å². The van der Waals surface area contributed by atoms with E-state index < -0.39 is 28.5 Å². The van der Waals surface area contributed by atoms with Crippen LogP contribution in [0.4, 0.5) is 5.69 Å². The lowest BCUT2D eigenvalue weighted by Crippen LogP contribution is -2.54. The fourth-order valence-electron chi connectivity index (χ4n) is 5.06. The summed E-state index contributed by atoms with van der Waals surface area (Å²) < 4.78 is 29.7. The minimum atomic E-state index is -4.17. The van der Waals surface area contributed by atoms with Gasteiger partial charge in [-0.1, -0.05) is 83.9 Å². The lowest BCUT2D eigenvalue weighted by Gasteiger charge is -2.34. The zero-order chi connectivity index (χ0) is 32.7. The molecule has 0 heterocycles. The number of halogens is 1. The number of nitrogens with zero attached hydrogens (tertiary/aromatic N) is 2. The molecule has 0 saturated heterocycles. The minimum Gasteiger partial charge on any atom is -0.352 e. The molecule has 9 heteroatoms.